The number of fused-ring (bicyclic) bond motifs is 6. The van der Waals surface area contributed by atoms with Gasteiger partial charge in [0.05, 0.1) is 33.7 Å². The minimum Gasteiger partial charge on any atom is -0.311 e. The first-order valence-corrected chi connectivity index (χ1v) is 24.4. The maximum absolute atomic E-state index is 9.79. The second-order valence-electron chi connectivity index (χ2n) is 16.8. The van der Waals surface area contributed by atoms with Crippen LogP contribution in [0.1, 0.15) is 5.56 Å². The number of hydrogen-bond acceptors (Lipinski definition) is 2. The standard InChI is InChI=1S/C61H42N4Si/c62-43-44-31-40-61-57(41-44)56-27-12-15-30-60(56)65(61)48-38-34-46(35-39-48)63(45-32-36-47(37-33-45)64-58-28-13-10-25-54(58)55-26-11-14-29-59(55)64)49-17-16-24-53(42-49)66(50-18-4-1-5-19-50,51-20-6-2-7-21-51)52-22-8-3-9-23-52/h1-42H. The van der Waals surface area contributed by atoms with Gasteiger partial charge in [-0.05, 0) is 118 Å². The van der Waals surface area contributed by atoms with E-state index in [1.54, 1.807) is 0 Å². The molecule has 2 aromatic heterocycles. The molecule has 0 aliphatic heterocycles. The van der Waals surface area contributed by atoms with Crippen molar-refractivity contribution < 1.29 is 0 Å². The molecule has 2 heterocycles. The number of nitriles is 1. The Kier molecular flexibility index (Phi) is 9.52. The lowest BCUT2D eigenvalue weighted by molar-refractivity contribution is 1.17. The van der Waals surface area contributed by atoms with Crippen LogP contribution < -0.4 is 25.6 Å². The zero-order valence-electron chi connectivity index (χ0n) is 36.0. The van der Waals surface area contributed by atoms with E-state index < -0.39 is 8.07 Å². The van der Waals surface area contributed by atoms with Crippen LogP contribution in [-0.4, -0.2) is 17.2 Å². The summed E-state index contributed by atoms with van der Waals surface area (Å²) in [6.45, 7) is 0. The largest absolute Gasteiger partial charge is 0.311 e. The van der Waals surface area contributed by atoms with Gasteiger partial charge in [0, 0.05) is 50.0 Å². The normalized spacial score (nSPS) is 11.6. The first kappa shape index (κ1) is 38.9. The predicted molar refractivity (Wildman–Crippen MR) is 278 cm³/mol. The molecule has 0 aliphatic rings. The van der Waals surface area contributed by atoms with Crippen LogP contribution in [0.25, 0.3) is 55.0 Å². The third-order valence-corrected chi connectivity index (χ3v) is 18.0. The van der Waals surface area contributed by atoms with Crippen molar-refractivity contribution in [1.82, 2.24) is 9.13 Å². The second kappa shape index (κ2) is 16.1. The summed E-state index contributed by atoms with van der Waals surface area (Å²) in [5, 5.41) is 19.8. The first-order valence-electron chi connectivity index (χ1n) is 22.4. The monoisotopic (exact) mass is 858 g/mol. The van der Waals surface area contributed by atoms with Crippen LogP contribution in [0.5, 0.6) is 0 Å². The fourth-order valence-corrected chi connectivity index (χ4v) is 15.2. The fraction of sp³-hybridized carbons (Fsp3) is 0. The van der Waals surface area contributed by atoms with Crippen LogP contribution in [0.3, 0.4) is 0 Å². The zero-order chi connectivity index (χ0) is 44.0. The summed E-state index contributed by atoms with van der Waals surface area (Å²) in [4.78, 5) is 2.40. The number of nitrogens with zero attached hydrogens (tertiary/aromatic N) is 4. The van der Waals surface area contributed by atoms with E-state index in [2.05, 4.69) is 263 Å². The molecule has 0 bridgehead atoms. The second-order valence-corrected chi connectivity index (χ2v) is 20.6. The number of hydrogen-bond donors (Lipinski definition) is 0. The van der Waals surface area contributed by atoms with Gasteiger partial charge in [0.2, 0.25) is 0 Å². The SMILES string of the molecule is N#Cc1ccc2c(c1)c1ccccc1n2-c1ccc(N(c2ccc(-n3c4ccccc4c4ccccc43)cc2)c2cccc([Si](c3ccccc3)(c3ccccc3)c3ccccc3)c2)cc1. The number of aromatic nitrogens is 2. The van der Waals surface area contributed by atoms with Gasteiger partial charge in [-0.1, -0.05) is 158 Å². The Balaban J connectivity index is 1.05. The van der Waals surface area contributed by atoms with Crippen LogP contribution in [0.4, 0.5) is 17.1 Å². The van der Waals surface area contributed by atoms with E-state index in [1.807, 2.05) is 12.1 Å². The Morgan fingerprint density at radius 1 is 0.318 bits per heavy atom. The molecule has 5 heteroatoms. The molecule has 0 saturated heterocycles. The van der Waals surface area contributed by atoms with Gasteiger partial charge in [0.1, 0.15) is 0 Å². The summed E-state index contributed by atoms with van der Waals surface area (Å²) in [6.07, 6.45) is 0. The quantitative estimate of drug-likeness (QED) is 0.107. The molecule has 0 unspecified atom stereocenters. The van der Waals surface area contributed by atoms with Gasteiger partial charge in [-0.2, -0.15) is 5.26 Å². The van der Waals surface area contributed by atoms with E-state index in [9.17, 15) is 5.26 Å². The highest BCUT2D eigenvalue weighted by molar-refractivity contribution is 7.19. The molecule has 0 fully saturated rings. The lowest BCUT2D eigenvalue weighted by Gasteiger charge is -2.35. The first-order chi connectivity index (χ1) is 32.7. The smallest absolute Gasteiger partial charge is 0.179 e. The molecule has 12 aromatic rings. The summed E-state index contributed by atoms with van der Waals surface area (Å²) < 4.78 is 4.68. The highest BCUT2D eigenvalue weighted by atomic mass is 28.3. The van der Waals surface area contributed by atoms with Crippen molar-refractivity contribution in [2.75, 3.05) is 4.90 Å². The van der Waals surface area contributed by atoms with Crippen LogP contribution in [-0.2, 0) is 0 Å². The number of benzene rings is 10. The molecule has 66 heavy (non-hydrogen) atoms. The van der Waals surface area contributed by atoms with Gasteiger partial charge in [-0.15, -0.1) is 0 Å². The highest BCUT2D eigenvalue weighted by Crippen LogP contribution is 2.39. The topological polar surface area (TPSA) is 36.9 Å². The van der Waals surface area contributed by atoms with E-state index >= 15 is 0 Å². The fourth-order valence-electron chi connectivity index (χ4n) is 10.4. The Morgan fingerprint density at radius 3 is 1.17 bits per heavy atom. The number of rotatable bonds is 9. The van der Waals surface area contributed by atoms with Gasteiger partial charge in [-0.3, -0.25) is 0 Å². The van der Waals surface area contributed by atoms with Crippen molar-refractivity contribution >= 4 is 89.5 Å². The molecular weight excluding hydrogens is 817 g/mol. The average molecular weight is 859 g/mol. The van der Waals surface area contributed by atoms with Crippen LogP contribution in [0.15, 0.2) is 255 Å². The van der Waals surface area contributed by atoms with Crippen molar-refractivity contribution in [3.8, 4) is 17.4 Å². The molecule has 0 saturated carbocycles. The molecule has 0 spiro atoms. The van der Waals surface area contributed by atoms with Crippen molar-refractivity contribution in [2.45, 2.75) is 0 Å². The molecule has 310 valence electrons. The van der Waals surface area contributed by atoms with E-state index in [-0.39, 0.29) is 0 Å². The van der Waals surface area contributed by atoms with Crippen molar-refractivity contribution in [3.63, 3.8) is 0 Å². The molecule has 0 atom stereocenters. The molecule has 0 N–H and O–H groups in total. The van der Waals surface area contributed by atoms with Gasteiger partial charge < -0.3 is 14.0 Å². The molecule has 0 radical (unpaired) electrons. The van der Waals surface area contributed by atoms with Gasteiger partial charge >= 0.3 is 0 Å². The summed E-state index contributed by atoms with van der Waals surface area (Å²) in [6, 6.07) is 94.7. The molecule has 0 amide bonds. The predicted octanol–water partition coefficient (Wildman–Crippen LogP) is 12.6. The van der Waals surface area contributed by atoms with Crippen LogP contribution in [0, 0.1) is 11.3 Å². The summed E-state index contributed by atoms with van der Waals surface area (Å²) in [7, 11) is -2.83. The Labute approximate surface area is 384 Å². The van der Waals surface area contributed by atoms with Crippen LogP contribution >= 0.6 is 0 Å². The maximum atomic E-state index is 9.79. The third-order valence-electron chi connectivity index (χ3n) is 13.3. The van der Waals surface area contributed by atoms with Crippen LogP contribution in [0.2, 0.25) is 0 Å². The Bertz CT molecular complexity index is 3610. The van der Waals surface area contributed by atoms with E-state index in [4.69, 9.17) is 0 Å². The van der Waals surface area contributed by atoms with Crippen molar-refractivity contribution in [2.24, 2.45) is 0 Å². The molecular formula is C61H42N4Si. The number of para-hydroxylation sites is 3. The van der Waals surface area contributed by atoms with E-state index in [1.165, 1.54) is 42.6 Å². The van der Waals surface area contributed by atoms with Gasteiger partial charge in [0.25, 0.3) is 0 Å². The molecule has 12 rings (SSSR count). The summed E-state index contributed by atoms with van der Waals surface area (Å²) >= 11 is 0. The maximum Gasteiger partial charge on any atom is 0.179 e. The lowest BCUT2D eigenvalue weighted by atomic mass is 10.1. The molecule has 4 nitrogen and oxygen atoms in total. The average Bonchev–Trinajstić information content (AvgIpc) is 3.91. The zero-order valence-corrected chi connectivity index (χ0v) is 37.0. The minimum absolute atomic E-state index is 0.654. The lowest BCUT2D eigenvalue weighted by Crippen LogP contribution is -2.74. The van der Waals surface area contributed by atoms with Crippen molar-refractivity contribution in [1.29, 1.82) is 5.26 Å². The van der Waals surface area contributed by atoms with E-state index in [0.717, 1.165) is 50.2 Å². The highest BCUT2D eigenvalue weighted by Gasteiger charge is 2.41. The van der Waals surface area contributed by atoms with E-state index in [0.29, 0.717) is 5.56 Å². The Morgan fingerprint density at radius 2 is 0.712 bits per heavy atom. The minimum atomic E-state index is -2.83. The molecule has 0 aliphatic carbocycles. The summed E-state index contributed by atoms with van der Waals surface area (Å²) in [5.74, 6) is 0. The van der Waals surface area contributed by atoms with Crippen molar-refractivity contribution in [3.05, 3.63) is 260 Å². The molecule has 10 aromatic carbocycles. The summed E-state index contributed by atoms with van der Waals surface area (Å²) in [5.41, 5.74) is 10.5. The van der Waals surface area contributed by atoms with Gasteiger partial charge in [-0.25, -0.2) is 0 Å². The Hall–Kier alpha value is -8.69. The third kappa shape index (κ3) is 6.27. The van der Waals surface area contributed by atoms with Gasteiger partial charge in [0.15, 0.2) is 8.07 Å². The number of anilines is 3.